The Bertz CT molecular complexity index is 468. The monoisotopic (exact) mass is 894 g/mol. The molecule has 0 N–H and O–H groups in total. The predicted molar refractivity (Wildman–Crippen MR) is 157 cm³/mol. The van der Waals surface area contributed by atoms with E-state index < -0.39 is 0 Å². The standard InChI is InChI=1S/C8H12Cl2.3C8H14.2Ir/c9-7-5-3-1-2-4-6-8(7)10;3*1-2-4-6-8-7-5-3-1;;/h1-6H2;3*1-2H,3-8H2;;/b8-7-;3*2-1-;;. The molecule has 0 heterocycles. The molecule has 0 saturated carbocycles. The Kier molecular flexibility index (Phi) is 34.7. The third kappa shape index (κ3) is 27.9. The Morgan fingerprint density at radius 1 is 0.306 bits per heavy atom. The molecule has 0 unspecified atom stereocenters. The van der Waals surface area contributed by atoms with Crippen LogP contribution in [-0.2, 0) is 40.2 Å². The molecule has 0 bridgehead atoms. The molecule has 0 amide bonds. The molecule has 0 spiro atoms. The fourth-order valence-corrected chi connectivity index (χ4v) is 4.98. The third-order valence-electron chi connectivity index (χ3n) is 6.81. The molecule has 2 radical (unpaired) electrons. The smallest absolute Gasteiger partial charge is 0.0325 e. The molecule has 4 aliphatic rings. The van der Waals surface area contributed by atoms with Crippen LogP contribution in [0.15, 0.2) is 46.5 Å². The minimum Gasteiger partial charge on any atom is -0.0885 e. The SMILES string of the molecule is C1=C\CCCCCC/1.C1=C\CCCCCC/1.C1=C\CCCCCC/1.Cl/C1=C(\Cl)CCCCCC1.[Ir].[Ir]. The van der Waals surface area contributed by atoms with E-state index in [2.05, 4.69) is 36.5 Å². The van der Waals surface area contributed by atoms with E-state index in [0.717, 1.165) is 22.9 Å². The van der Waals surface area contributed by atoms with E-state index in [1.807, 2.05) is 0 Å². The average molecular weight is 894 g/mol. The van der Waals surface area contributed by atoms with Crippen molar-refractivity contribution in [2.24, 2.45) is 0 Å². The van der Waals surface area contributed by atoms with Crippen molar-refractivity contribution in [3.63, 3.8) is 0 Å². The summed E-state index contributed by atoms with van der Waals surface area (Å²) in [5, 5.41) is 1.78. The molecule has 0 atom stereocenters. The summed E-state index contributed by atoms with van der Waals surface area (Å²) in [4.78, 5) is 0. The van der Waals surface area contributed by atoms with Crippen LogP contribution in [0.25, 0.3) is 0 Å². The molecule has 0 saturated heterocycles. The Morgan fingerprint density at radius 2 is 0.500 bits per heavy atom. The maximum atomic E-state index is 5.89. The van der Waals surface area contributed by atoms with Gasteiger partial charge in [-0.2, -0.15) is 0 Å². The zero-order chi connectivity index (χ0) is 24.4. The van der Waals surface area contributed by atoms with E-state index in [9.17, 15) is 0 Å². The second-order valence-corrected chi connectivity index (χ2v) is 11.0. The summed E-state index contributed by atoms with van der Waals surface area (Å²) in [5.74, 6) is 0. The molecular weight excluding hydrogens is 840 g/mol. The summed E-state index contributed by atoms with van der Waals surface area (Å²) in [6.07, 6.45) is 46.0. The van der Waals surface area contributed by atoms with Gasteiger partial charge in [0.1, 0.15) is 0 Å². The van der Waals surface area contributed by atoms with Gasteiger partial charge in [0.2, 0.25) is 0 Å². The van der Waals surface area contributed by atoms with Gasteiger partial charge in [0, 0.05) is 50.3 Å². The minimum atomic E-state index is 0. The van der Waals surface area contributed by atoms with Crippen LogP contribution in [0.1, 0.15) is 154 Å². The van der Waals surface area contributed by atoms with Gasteiger partial charge < -0.3 is 0 Å². The maximum Gasteiger partial charge on any atom is 0.0325 e. The molecule has 0 aromatic rings. The number of hydrogen-bond donors (Lipinski definition) is 0. The van der Waals surface area contributed by atoms with Crippen molar-refractivity contribution in [2.75, 3.05) is 0 Å². The topological polar surface area (TPSA) is 0 Å². The van der Waals surface area contributed by atoms with Gasteiger partial charge >= 0.3 is 0 Å². The van der Waals surface area contributed by atoms with Crippen LogP contribution in [0.2, 0.25) is 0 Å². The number of allylic oxidation sites excluding steroid dienone is 8. The summed E-state index contributed by atoms with van der Waals surface area (Å²) < 4.78 is 0. The zero-order valence-corrected chi connectivity index (χ0v) is 29.2. The summed E-state index contributed by atoms with van der Waals surface area (Å²) in [5.41, 5.74) is 0. The Morgan fingerprint density at radius 3 is 0.722 bits per heavy atom. The number of rotatable bonds is 0. The second kappa shape index (κ2) is 32.1. The van der Waals surface area contributed by atoms with Crippen molar-refractivity contribution in [3.8, 4) is 0 Å². The second-order valence-electron chi connectivity index (χ2n) is 10.1. The quantitative estimate of drug-likeness (QED) is 0.213. The summed E-state index contributed by atoms with van der Waals surface area (Å²) in [7, 11) is 0. The first-order valence-electron chi connectivity index (χ1n) is 14.8. The van der Waals surface area contributed by atoms with E-state index in [0.29, 0.717) is 0 Å². The average Bonchev–Trinajstić information content (AvgIpc) is 2.75. The number of halogens is 2. The summed E-state index contributed by atoms with van der Waals surface area (Å²) >= 11 is 11.8. The molecule has 36 heavy (non-hydrogen) atoms. The molecule has 0 aromatic heterocycles. The van der Waals surface area contributed by atoms with Crippen LogP contribution >= 0.6 is 23.2 Å². The van der Waals surface area contributed by atoms with Crippen LogP contribution in [0.3, 0.4) is 0 Å². The van der Waals surface area contributed by atoms with Crippen LogP contribution in [0, 0.1) is 0 Å². The van der Waals surface area contributed by atoms with Gasteiger partial charge in [-0.3, -0.25) is 0 Å². The maximum absolute atomic E-state index is 5.89. The molecule has 214 valence electrons. The normalized spacial score (nSPS) is 25.5. The molecule has 0 aromatic carbocycles. The summed E-state index contributed by atoms with van der Waals surface area (Å²) in [6, 6.07) is 0. The first kappa shape index (κ1) is 39.0. The van der Waals surface area contributed by atoms with E-state index in [-0.39, 0.29) is 40.2 Å². The van der Waals surface area contributed by atoms with Crippen molar-refractivity contribution in [1.82, 2.24) is 0 Å². The fraction of sp³-hybridized carbons (Fsp3) is 0.750. The van der Waals surface area contributed by atoms with Gasteiger partial charge in [-0.1, -0.05) is 111 Å². The van der Waals surface area contributed by atoms with Crippen LogP contribution < -0.4 is 0 Å². The van der Waals surface area contributed by atoms with E-state index in [1.54, 1.807) is 0 Å². The van der Waals surface area contributed by atoms with Crippen molar-refractivity contribution in [3.05, 3.63) is 46.5 Å². The molecule has 4 heteroatoms. The number of hydrogen-bond acceptors (Lipinski definition) is 0. The first-order valence-corrected chi connectivity index (χ1v) is 15.5. The Balaban J connectivity index is 0. The van der Waals surface area contributed by atoms with Crippen molar-refractivity contribution < 1.29 is 40.2 Å². The van der Waals surface area contributed by atoms with Crippen LogP contribution in [0.5, 0.6) is 0 Å². The summed E-state index contributed by atoms with van der Waals surface area (Å²) in [6.45, 7) is 0. The first-order chi connectivity index (χ1) is 16.8. The van der Waals surface area contributed by atoms with Gasteiger partial charge in [0.05, 0.1) is 0 Å². The van der Waals surface area contributed by atoms with E-state index in [1.165, 1.54) is 141 Å². The minimum absolute atomic E-state index is 0. The van der Waals surface area contributed by atoms with E-state index in [4.69, 9.17) is 23.2 Å². The molecule has 4 aliphatic carbocycles. The molecule has 0 fully saturated rings. The molecule has 4 rings (SSSR count). The van der Waals surface area contributed by atoms with Crippen molar-refractivity contribution in [1.29, 1.82) is 0 Å². The molecule has 0 nitrogen and oxygen atoms in total. The van der Waals surface area contributed by atoms with Gasteiger partial charge in [0.25, 0.3) is 0 Å². The molecule has 0 aliphatic heterocycles. The van der Waals surface area contributed by atoms with Gasteiger partial charge in [-0.25, -0.2) is 0 Å². The van der Waals surface area contributed by atoms with Gasteiger partial charge in [-0.05, 0) is 103 Å². The van der Waals surface area contributed by atoms with Gasteiger partial charge in [0.15, 0.2) is 0 Å². The molecular formula is C32H54Cl2Ir2. The zero-order valence-electron chi connectivity index (χ0n) is 22.9. The van der Waals surface area contributed by atoms with Crippen LogP contribution in [-0.4, -0.2) is 0 Å². The predicted octanol–water partition coefficient (Wildman–Crippen LogP) is 12.7. The van der Waals surface area contributed by atoms with Gasteiger partial charge in [-0.15, -0.1) is 0 Å². The van der Waals surface area contributed by atoms with Crippen molar-refractivity contribution >= 4 is 23.2 Å². The largest absolute Gasteiger partial charge is 0.0885 e. The Labute approximate surface area is 262 Å². The Hall–Kier alpha value is 0.839. The fourth-order valence-electron chi connectivity index (χ4n) is 4.53. The van der Waals surface area contributed by atoms with E-state index >= 15 is 0 Å². The van der Waals surface area contributed by atoms with Crippen molar-refractivity contribution in [2.45, 2.75) is 154 Å². The van der Waals surface area contributed by atoms with Crippen LogP contribution in [0.4, 0.5) is 0 Å². The third-order valence-corrected chi connectivity index (χ3v) is 7.74.